The van der Waals surface area contributed by atoms with Crippen LogP contribution in [0, 0.1) is 11.8 Å². The minimum atomic E-state index is 0.147. The summed E-state index contributed by atoms with van der Waals surface area (Å²) in [6.45, 7) is 0.270. The number of H-pyrrole nitrogens is 1. The van der Waals surface area contributed by atoms with E-state index in [0.717, 1.165) is 37.9 Å². The number of rotatable bonds is 4. The normalized spacial score (nSPS) is 23.9. The zero-order valence-electron chi connectivity index (χ0n) is 10.9. The van der Waals surface area contributed by atoms with Gasteiger partial charge in [-0.05, 0) is 50.2 Å². The number of amides is 1. The topological polar surface area (TPSA) is 56.3 Å². The van der Waals surface area contributed by atoms with Crippen molar-refractivity contribution in [3.63, 3.8) is 0 Å². The summed E-state index contributed by atoms with van der Waals surface area (Å²) in [6, 6.07) is 3.81. The summed E-state index contributed by atoms with van der Waals surface area (Å²) in [7, 11) is 1.83. The first-order chi connectivity index (χ1) is 8.72. The zero-order valence-corrected chi connectivity index (χ0v) is 10.9. The molecule has 1 aliphatic rings. The van der Waals surface area contributed by atoms with Gasteiger partial charge in [0.1, 0.15) is 5.82 Å². The minimum absolute atomic E-state index is 0.147. The van der Waals surface area contributed by atoms with Crippen molar-refractivity contribution in [1.29, 1.82) is 0 Å². The van der Waals surface area contributed by atoms with E-state index in [0.29, 0.717) is 5.92 Å². The molecule has 2 rings (SSSR count). The van der Waals surface area contributed by atoms with Crippen molar-refractivity contribution in [2.75, 3.05) is 18.6 Å². The van der Waals surface area contributed by atoms with Gasteiger partial charge in [-0.1, -0.05) is 0 Å². The van der Waals surface area contributed by atoms with Crippen LogP contribution in [0.1, 0.15) is 32.1 Å². The van der Waals surface area contributed by atoms with E-state index in [1.165, 1.54) is 0 Å². The van der Waals surface area contributed by atoms with E-state index in [9.17, 15) is 4.79 Å². The van der Waals surface area contributed by atoms with Gasteiger partial charge >= 0.3 is 0 Å². The third-order valence-electron chi connectivity index (χ3n) is 4.01. The Morgan fingerprint density at radius 2 is 2.17 bits per heavy atom. The number of anilines is 1. The van der Waals surface area contributed by atoms with E-state index >= 15 is 0 Å². The van der Waals surface area contributed by atoms with Gasteiger partial charge in [0, 0.05) is 25.8 Å². The van der Waals surface area contributed by atoms with Crippen LogP contribution in [0.15, 0.2) is 18.3 Å². The molecule has 0 bridgehead atoms. The first kappa shape index (κ1) is 13.1. The van der Waals surface area contributed by atoms with E-state index in [-0.39, 0.29) is 18.4 Å². The van der Waals surface area contributed by atoms with E-state index in [1.54, 1.807) is 4.90 Å². The van der Waals surface area contributed by atoms with Gasteiger partial charge in [0.05, 0.1) is 0 Å². The largest absolute Gasteiger partial charge is 0.396 e. The van der Waals surface area contributed by atoms with Gasteiger partial charge in [-0.2, -0.15) is 0 Å². The quantitative estimate of drug-likeness (QED) is 0.860. The zero-order chi connectivity index (χ0) is 13.0. The number of nitrogens with one attached hydrogen (secondary N) is 1. The molecule has 0 radical (unpaired) electrons. The molecular weight excluding hydrogens is 228 g/mol. The fourth-order valence-electron chi connectivity index (χ4n) is 2.80. The highest BCUT2D eigenvalue weighted by atomic mass is 16.3. The highest BCUT2D eigenvalue weighted by Crippen LogP contribution is 2.32. The molecule has 0 spiro atoms. The molecule has 0 saturated heterocycles. The lowest BCUT2D eigenvalue weighted by Crippen LogP contribution is -2.35. The first-order valence-electron chi connectivity index (χ1n) is 6.74. The molecule has 100 valence electrons. The van der Waals surface area contributed by atoms with E-state index < -0.39 is 0 Å². The first-order valence-corrected chi connectivity index (χ1v) is 6.74. The van der Waals surface area contributed by atoms with Crippen molar-refractivity contribution in [3.8, 4) is 0 Å². The molecule has 1 aliphatic carbocycles. The number of nitrogens with zero attached hydrogens (tertiary/aromatic N) is 1. The van der Waals surface area contributed by atoms with Crippen LogP contribution in [0.5, 0.6) is 0 Å². The predicted octanol–water partition coefficient (Wildman–Crippen LogP) is 2.17. The number of aromatic nitrogens is 1. The monoisotopic (exact) mass is 250 g/mol. The van der Waals surface area contributed by atoms with Crippen LogP contribution >= 0.6 is 0 Å². The molecule has 4 nitrogen and oxygen atoms in total. The van der Waals surface area contributed by atoms with Gasteiger partial charge in [-0.15, -0.1) is 0 Å². The smallest absolute Gasteiger partial charge is 0.230 e. The van der Waals surface area contributed by atoms with E-state index in [2.05, 4.69) is 4.98 Å². The number of aromatic amines is 1. The molecule has 1 amide bonds. The van der Waals surface area contributed by atoms with E-state index in [1.807, 2.05) is 25.4 Å². The SMILES string of the molecule is CN(C(=O)C1CCC(CCO)CC1)c1ccc[nH]1. The van der Waals surface area contributed by atoms with Crippen LogP contribution in [0.3, 0.4) is 0 Å². The maximum absolute atomic E-state index is 12.3. The van der Waals surface area contributed by atoms with Crippen LogP contribution in [0.25, 0.3) is 0 Å². The average molecular weight is 250 g/mol. The summed E-state index contributed by atoms with van der Waals surface area (Å²) in [5.41, 5.74) is 0. The Bertz CT molecular complexity index is 367. The summed E-state index contributed by atoms with van der Waals surface area (Å²) in [5, 5.41) is 8.93. The van der Waals surface area contributed by atoms with Crippen LogP contribution in [0.2, 0.25) is 0 Å². The van der Waals surface area contributed by atoms with Crippen LogP contribution in [-0.4, -0.2) is 29.7 Å². The highest BCUT2D eigenvalue weighted by Gasteiger charge is 2.28. The van der Waals surface area contributed by atoms with Crippen molar-refractivity contribution in [2.45, 2.75) is 32.1 Å². The molecule has 0 aromatic carbocycles. The van der Waals surface area contributed by atoms with Crippen LogP contribution < -0.4 is 4.90 Å². The molecule has 1 heterocycles. The molecule has 1 aromatic rings. The lowest BCUT2D eigenvalue weighted by atomic mass is 9.80. The standard InChI is InChI=1S/C14H22N2O2/c1-16(13-3-2-9-15-13)14(18)12-6-4-11(5-7-12)8-10-17/h2-3,9,11-12,15,17H,4-8,10H2,1H3. The Hall–Kier alpha value is -1.29. The molecular formula is C14H22N2O2. The average Bonchev–Trinajstić information content (AvgIpc) is 2.92. The molecule has 2 N–H and O–H groups in total. The van der Waals surface area contributed by atoms with Crippen molar-refractivity contribution in [3.05, 3.63) is 18.3 Å². The lowest BCUT2D eigenvalue weighted by Gasteiger charge is -2.29. The van der Waals surface area contributed by atoms with Crippen LogP contribution in [0.4, 0.5) is 5.82 Å². The number of hydrogen-bond acceptors (Lipinski definition) is 2. The Balaban J connectivity index is 1.87. The number of carbonyl (C=O) groups excluding carboxylic acids is 1. The van der Waals surface area contributed by atoms with Gasteiger partial charge in [-0.3, -0.25) is 4.79 Å². The second kappa shape index (κ2) is 6.05. The van der Waals surface area contributed by atoms with Crippen molar-refractivity contribution >= 4 is 11.7 Å². The van der Waals surface area contributed by atoms with Crippen molar-refractivity contribution < 1.29 is 9.90 Å². The second-order valence-corrected chi connectivity index (χ2v) is 5.18. The van der Waals surface area contributed by atoms with Gasteiger partial charge < -0.3 is 15.0 Å². The molecule has 4 heteroatoms. The molecule has 1 fully saturated rings. The third kappa shape index (κ3) is 2.93. The highest BCUT2D eigenvalue weighted by molar-refractivity contribution is 5.93. The number of aliphatic hydroxyl groups excluding tert-OH is 1. The van der Waals surface area contributed by atoms with Crippen LogP contribution in [-0.2, 0) is 4.79 Å². The maximum atomic E-state index is 12.3. The predicted molar refractivity (Wildman–Crippen MR) is 71.4 cm³/mol. The van der Waals surface area contributed by atoms with Gasteiger partial charge in [-0.25, -0.2) is 0 Å². The summed E-state index contributed by atoms with van der Waals surface area (Å²) in [4.78, 5) is 17.1. The molecule has 0 atom stereocenters. The molecule has 1 aromatic heterocycles. The summed E-state index contributed by atoms with van der Waals surface area (Å²) >= 11 is 0. The Kier molecular flexibility index (Phi) is 4.42. The number of carbonyl (C=O) groups is 1. The summed E-state index contributed by atoms with van der Waals surface area (Å²) in [5.74, 6) is 1.82. The third-order valence-corrected chi connectivity index (χ3v) is 4.01. The number of aliphatic hydroxyl groups is 1. The fraction of sp³-hybridized carbons (Fsp3) is 0.643. The Labute approximate surface area is 108 Å². The Morgan fingerprint density at radius 1 is 1.44 bits per heavy atom. The van der Waals surface area contributed by atoms with Gasteiger partial charge in [0.25, 0.3) is 0 Å². The Morgan fingerprint density at radius 3 is 2.72 bits per heavy atom. The molecule has 1 saturated carbocycles. The van der Waals surface area contributed by atoms with E-state index in [4.69, 9.17) is 5.11 Å². The summed E-state index contributed by atoms with van der Waals surface area (Å²) < 4.78 is 0. The number of hydrogen-bond donors (Lipinski definition) is 2. The maximum Gasteiger partial charge on any atom is 0.230 e. The summed E-state index contributed by atoms with van der Waals surface area (Å²) in [6.07, 6.45) is 6.75. The lowest BCUT2D eigenvalue weighted by molar-refractivity contribution is -0.123. The van der Waals surface area contributed by atoms with Gasteiger partial charge in [0.15, 0.2) is 0 Å². The molecule has 0 unspecified atom stereocenters. The molecule has 0 aliphatic heterocycles. The molecule has 18 heavy (non-hydrogen) atoms. The fourth-order valence-corrected chi connectivity index (χ4v) is 2.80. The van der Waals surface area contributed by atoms with Gasteiger partial charge in [0.2, 0.25) is 5.91 Å². The van der Waals surface area contributed by atoms with Crippen molar-refractivity contribution in [2.24, 2.45) is 11.8 Å². The van der Waals surface area contributed by atoms with Crippen molar-refractivity contribution in [1.82, 2.24) is 4.98 Å². The minimum Gasteiger partial charge on any atom is -0.396 e. The second-order valence-electron chi connectivity index (χ2n) is 5.18.